The van der Waals surface area contributed by atoms with Gasteiger partial charge in [-0.3, -0.25) is 4.79 Å². The Morgan fingerprint density at radius 2 is 2.17 bits per heavy atom. The van der Waals surface area contributed by atoms with Gasteiger partial charge >= 0.3 is 5.97 Å². The molecule has 128 valence electrons. The predicted molar refractivity (Wildman–Crippen MR) is 90.3 cm³/mol. The number of nitrogens with two attached hydrogens (primary N) is 1. The fourth-order valence-corrected chi connectivity index (χ4v) is 3.01. The molecule has 3 N–H and O–H groups in total. The molecule has 24 heavy (non-hydrogen) atoms. The topological polar surface area (TPSA) is 88.6 Å². The first-order valence-corrected chi connectivity index (χ1v) is 8.04. The molecule has 0 bridgehead atoms. The second kappa shape index (κ2) is 6.24. The van der Waals surface area contributed by atoms with Crippen LogP contribution in [0.3, 0.4) is 0 Å². The number of aromatic carboxylic acids is 1. The number of rotatable bonds is 6. The minimum Gasteiger partial charge on any atom is -0.477 e. The average Bonchev–Trinajstić information content (AvgIpc) is 3.37. The van der Waals surface area contributed by atoms with E-state index in [1.165, 1.54) is 6.20 Å². The second-order valence-corrected chi connectivity index (χ2v) is 6.00. The van der Waals surface area contributed by atoms with Crippen LogP contribution in [0.25, 0.3) is 10.9 Å². The van der Waals surface area contributed by atoms with Crippen LogP contribution in [0, 0.1) is 5.82 Å². The number of carboxylic acid groups (broad SMARTS) is 1. The smallest absolute Gasteiger partial charge is 0.341 e. The maximum Gasteiger partial charge on any atom is 0.341 e. The molecule has 6 nitrogen and oxygen atoms in total. The summed E-state index contributed by atoms with van der Waals surface area (Å²) in [5.74, 6) is -1.83. The van der Waals surface area contributed by atoms with E-state index < -0.39 is 17.2 Å². The summed E-state index contributed by atoms with van der Waals surface area (Å²) < 4.78 is 16.4. The number of carbonyl (C=O) groups is 1. The van der Waals surface area contributed by atoms with Crippen LogP contribution in [0.2, 0.25) is 0 Å². The minimum absolute atomic E-state index is 0.104. The summed E-state index contributed by atoms with van der Waals surface area (Å²) in [6, 6.07) is 2.95. The molecule has 1 saturated carbocycles. The van der Waals surface area contributed by atoms with Gasteiger partial charge in [-0.05, 0) is 31.9 Å². The van der Waals surface area contributed by atoms with E-state index in [1.54, 1.807) is 10.6 Å². The van der Waals surface area contributed by atoms with Crippen molar-refractivity contribution in [1.29, 1.82) is 0 Å². The Bertz CT molecular complexity index is 858. The van der Waals surface area contributed by atoms with Gasteiger partial charge in [0.05, 0.1) is 11.2 Å². The molecule has 1 aromatic carbocycles. The van der Waals surface area contributed by atoms with Crippen molar-refractivity contribution in [3.63, 3.8) is 0 Å². The lowest BCUT2D eigenvalue weighted by molar-refractivity contribution is 0.0695. The molecule has 3 rings (SSSR count). The summed E-state index contributed by atoms with van der Waals surface area (Å²) >= 11 is 0. The Balaban J connectivity index is 2.29. The van der Waals surface area contributed by atoms with Crippen LogP contribution >= 0.6 is 0 Å². The molecule has 1 fully saturated rings. The number of anilines is 1. The first-order valence-electron chi connectivity index (χ1n) is 8.04. The monoisotopic (exact) mass is 333 g/mol. The van der Waals surface area contributed by atoms with E-state index in [0.29, 0.717) is 30.8 Å². The first-order chi connectivity index (χ1) is 11.5. The lowest BCUT2D eigenvalue weighted by atomic mass is 10.1. The van der Waals surface area contributed by atoms with Gasteiger partial charge in [0.1, 0.15) is 11.4 Å². The van der Waals surface area contributed by atoms with Crippen LogP contribution in [-0.4, -0.2) is 35.3 Å². The van der Waals surface area contributed by atoms with Crippen molar-refractivity contribution in [2.45, 2.75) is 25.8 Å². The highest BCUT2D eigenvalue weighted by Crippen LogP contribution is 2.38. The predicted octanol–water partition coefficient (Wildman–Crippen LogP) is 1.96. The van der Waals surface area contributed by atoms with Gasteiger partial charge in [0.2, 0.25) is 5.43 Å². The van der Waals surface area contributed by atoms with Gasteiger partial charge in [0.15, 0.2) is 0 Å². The summed E-state index contributed by atoms with van der Waals surface area (Å²) in [6.45, 7) is 3.37. The molecule has 0 atom stereocenters. The molecule has 1 aliphatic rings. The average molecular weight is 333 g/mol. The van der Waals surface area contributed by atoms with Crippen LogP contribution in [0.4, 0.5) is 10.1 Å². The van der Waals surface area contributed by atoms with Crippen molar-refractivity contribution in [3.05, 3.63) is 39.9 Å². The minimum atomic E-state index is -1.29. The van der Waals surface area contributed by atoms with Crippen molar-refractivity contribution in [3.8, 4) is 0 Å². The maximum atomic E-state index is 14.6. The summed E-state index contributed by atoms with van der Waals surface area (Å²) in [6.07, 6.45) is 3.22. The van der Waals surface area contributed by atoms with E-state index in [-0.39, 0.29) is 17.0 Å². The van der Waals surface area contributed by atoms with Crippen molar-refractivity contribution in [1.82, 2.24) is 4.57 Å². The standard InChI is InChI=1S/C17H20FN3O3/c1-2-20(6-5-19)15-8-14-11(7-13(15)18)16(22)12(17(23)24)9-21(14)10-3-4-10/h7-10H,2-6,19H2,1H3,(H,23,24). The third-order valence-electron chi connectivity index (χ3n) is 4.39. The van der Waals surface area contributed by atoms with Crippen molar-refractivity contribution >= 4 is 22.6 Å². The zero-order chi connectivity index (χ0) is 17.4. The van der Waals surface area contributed by atoms with E-state index >= 15 is 0 Å². The Hall–Kier alpha value is -2.41. The number of carboxylic acids is 1. The second-order valence-electron chi connectivity index (χ2n) is 6.00. The van der Waals surface area contributed by atoms with Gasteiger partial charge in [-0.2, -0.15) is 0 Å². The van der Waals surface area contributed by atoms with Gasteiger partial charge in [0.25, 0.3) is 0 Å². The van der Waals surface area contributed by atoms with Crippen molar-refractivity contribution in [2.75, 3.05) is 24.5 Å². The van der Waals surface area contributed by atoms with Crippen molar-refractivity contribution in [2.24, 2.45) is 5.73 Å². The number of likely N-dealkylation sites (N-methyl/N-ethyl adjacent to an activating group) is 1. The lowest BCUT2D eigenvalue weighted by Crippen LogP contribution is -2.30. The Morgan fingerprint density at radius 1 is 1.46 bits per heavy atom. The van der Waals surface area contributed by atoms with E-state index in [2.05, 4.69) is 0 Å². The number of hydrogen-bond donors (Lipinski definition) is 2. The number of benzene rings is 1. The molecular formula is C17H20FN3O3. The van der Waals surface area contributed by atoms with Gasteiger partial charge in [-0.25, -0.2) is 9.18 Å². The van der Waals surface area contributed by atoms with Gasteiger partial charge in [0, 0.05) is 37.3 Å². The van der Waals surface area contributed by atoms with Gasteiger partial charge in [-0.1, -0.05) is 0 Å². The lowest BCUT2D eigenvalue weighted by Gasteiger charge is -2.24. The molecule has 0 spiro atoms. The third-order valence-corrected chi connectivity index (χ3v) is 4.39. The van der Waals surface area contributed by atoms with Crippen LogP contribution < -0.4 is 16.1 Å². The van der Waals surface area contributed by atoms with E-state index in [0.717, 1.165) is 18.9 Å². The molecule has 0 unspecified atom stereocenters. The molecule has 7 heteroatoms. The summed E-state index contributed by atoms with van der Waals surface area (Å²) in [4.78, 5) is 25.5. The van der Waals surface area contributed by atoms with Crippen LogP contribution in [0.1, 0.15) is 36.2 Å². The zero-order valence-corrected chi connectivity index (χ0v) is 13.5. The zero-order valence-electron chi connectivity index (χ0n) is 13.5. The highest BCUT2D eigenvalue weighted by molar-refractivity contribution is 5.93. The molecular weight excluding hydrogens is 313 g/mol. The highest BCUT2D eigenvalue weighted by atomic mass is 19.1. The molecule has 0 amide bonds. The third kappa shape index (κ3) is 2.75. The largest absolute Gasteiger partial charge is 0.477 e. The fraction of sp³-hybridized carbons (Fsp3) is 0.412. The van der Waals surface area contributed by atoms with Crippen LogP contribution in [0.5, 0.6) is 0 Å². The van der Waals surface area contributed by atoms with E-state index in [1.807, 2.05) is 11.8 Å². The summed E-state index contributed by atoms with van der Waals surface area (Å²) in [7, 11) is 0. The van der Waals surface area contributed by atoms with E-state index in [9.17, 15) is 19.1 Å². The molecule has 0 radical (unpaired) electrons. The Labute approximate surface area is 138 Å². The van der Waals surface area contributed by atoms with Crippen LogP contribution in [-0.2, 0) is 0 Å². The summed E-state index contributed by atoms with van der Waals surface area (Å²) in [5.41, 5.74) is 5.56. The number of aromatic nitrogens is 1. The summed E-state index contributed by atoms with van der Waals surface area (Å²) in [5, 5.41) is 9.35. The number of hydrogen-bond acceptors (Lipinski definition) is 4. The fourth-order valence-electron chi connectivity index (χ4n) is 3.01. The molecule has 1 aliphatic carbocycles. The maximum absolute atomic E-state index is 14.6. The number of nitrogens with zero attached hydrogens (tertiary/aromatic N) is 2. The Kier molecular flexibility index (Phi) is 4.28. The quantitative estimate of drug-likeness (QED) is 0.843. The first kappa shape index (κ1) is 16.4. The number of pyridine rings is 1. The molecule has 0 saturated heterocycles. The number of halogens is 1. The van der Waals surface area contributed by atoms with Crippen LogP contribution in [0.15, 0.2) is 23.1 Å². The Morgan fingerprint density at radius 3 is 2.71 bits per heavy atom. The molecule has 0 aliphatic heterocycles. The van der Waals surface area contributed by atoms with Gasteiger partial charge < -0.3 is 20.3 Å². The molecule has 2 aromatic rings. The normalized spacial score (nSPS) is 14.1. The molecule has 1 heterocycles. The number of fused-ring (bicyclic) bond motifs is 1. The molecule has 1 aromatic heterocycles. The van der Waals surface area contributed by atoms with Gasteiger partial charge in [-0.15, -0.1) is 0 Å². The van der Waals surface area contributed by atoms with E-state index in [4.69, 9.17) is 5.73 Å². The van der Waals surface area contributed by atoms with Crippen molar-refractivity contribution < 1.29 is 14.3 Å². The SMILES string of the molecule is CCN(CCN)c1cc2c(cc1F)c(=O)c(C(=O)O)cn2C1CC1. The highest BCUT2D eigenvalue weighted by Gasteiger charge is 2.27.